The van der Waals surface area contributed by atoms with Gasteiger partial charge in [0.1, 0.15) is 11.5 Å². The van der Waals surface area contributed by atoms with Gasteiger partial charge in [0.15, 0.2) is 11.5 Å². The summed E-state index contributed by atoms with van der Waals surface area (Å²) in [5.41, 5.74) is 1.82. The molecule has 8 heteroatoms. The van der Waals surface area contributed by atoms with E-state index in [2.05, 4.69) is 20.6 Å². The Labute approximate surface area is 154 Å². The molecule has 0 saturated carbocycles. The number of ether oxygens (including phenoxy) is 2. The van der Waals surface area contributed by atoms with Crippen molar-refractivity contribution in [2.45, 2.75) is 6.92 Å². The fourth-order valence-electron chi connectivity index (χ4n) is 2.61. The minimum atomic E-state index is -0.401. The highest BCUT2D eigenvalue weighted by atomic mass is 19.1. The first-order valence-corrected chi connectivity index (χ1v) is 8.16. The first-order chi connectivity index (χ1) is 13.1. The van der Waals surface area contributed by atoms with Crippen LogP contribution in [0.5, 0.6) is 11.5 Å². The Morgan fingerprint density at radius 3 is 2.74 bits per heavy atom. The van der Waals surface area contributed by atoms with Crippen LogP contribution in [0, 0.1) is 12.7 Å². The number of anilines is 3. The predicted molar refractivity (Wildman–Crippen MR) is 97.0 cm³/mol. The fourth-order valence-corrected chi connectivity index (χ4v) is 2.61. The van der Waals surface area contributed by atoms with Gasteiger partial charge >= 0.3 is 0 Å². The Morgan fingerprint density at radius 2 is 1.89 bits per heavy atom. The van der Waals surface area contributed by atoms with Crippen molar-refractivity contribution in [1.29, 1.82) is 0 Å². The van der Waals surface area contributed by atoms with E-state index in [1.54, 1.807) is 43.3 Å². The van der Waals surface area contributed by atoms with Crippen LogP contribution < -0.4 is 20.1 Å². The number of amides is 1. The third-order valence-electron chi connectivity index (χ3n) is 3.80. The SMILES string of the molecule is Cc1cc(C(=O)Nc2ccc3c(c2)OCO3)nc(Nc2cccc(F)c2)n1. The zero-order valence-corrected chi connectivity index (χ0v) is 14.3. The molecule has 27 heavy (non-hydrogen) atoms. The molecule has 0 bridgehead atoms. The average Bonchev–Trinajstić information content (AvgIpc) is 3.09. The van der Waals surface area contributed by atoms with Crippen LogP contribution in [0.4, 0.5) is 21.7 Å². The smallest absolute Gasteiger partial charge is 0.274 e. The Balaban J connectivity index is 1.54. The molecule has 3 aromatic rings. The first kappa shape index (κ1) is 16.8. The van der Waals surface area contributed by atoms with E-state index in [1.165, 1.54) is 12.1 Å². The number of carbonyl (C=O) groups excluding carboxylic acids is 1. The van der Waals surface area contributed by atoms with Crippen LogP contribution in [-0.2, 0) is 0 Å². The first-order valence-electron chi connectivity index (χ1n) is 8.16. The standard InChI is InChI=1S/C19H15FN4O3/c1-11-7-15(24-19(21-11)23-13-4-2-3-12(20)8-13)18(25)22-14-5-6-16-17(9-14)27-10-26-16/h2-9H,10H2,1H3,(H,22,25)(H,21,23,24). The molecular formula is C19H15FN4O3. The van der Waals surface area contributed by atoms with Gasteiger partial charge in [-0.15, -0.1) is 0 Å². The summed E-state index contributed by atoms with van der Waals surface area (Å²) in [6.45, 7) is 1.91. The van der Waals surface area contributed by atoms with E-state index in [4.69, 9.17) is 9.47 Å². The van der Waals surface area contributed by atoms with E-state index < -0.39 is 5.91 Å². The van der Waals surface area contributed by atoms with Gasteiger partial charge in [0.05, 0.1) is 0 Å². The number of halogens is 1. The second kappa shape index (κ2) is 6.91. The molecule has 2 N–H and O–H groups in total. The molecule has 136 valence electrons. The molecule has 7 nitrogen and oxygen atoms in total. The van der Waals surface area contributed by atoms with Crippen molar-refractivity contribution in [2.75, 3.05) is 17.4 Å². The second-order valence-corrected chi connectivity index (χ2v) is 5.88. The summed E-state index contributed by atoms with van der Waals surface area (Å²) in [5.74, 6) is 0.624. The number of benzene rings is 2. The number of hydrogen-bond donors (Lipinski definition) is 2. The van der Waals surface area contributed by atoms with Crippen LogP contribution in [0.15, 0.2) is 48.5 Å². The highest BCUT2D eigenvalue weighted by molar-refractivity contribution is 6.03. The van der Waals surface area contributed by atoms with E-state index in [0.717, 1.165) is 0 Å². The lowest BCUT2D eigenvalue weighted by molar-refractivity contribution is 0.102. The summed E-state index contributed by atoms with van der Waals surface area (Å²) in [4.78, 5) is 21.0. The van der Waals surface area contributed by atoms with Gasteiger partial charge in [0.25, 0.3) is 5.91 Å². The van der Waals surface area contributed by atoms with Gasteiger partial charge in [-0.05, 0) is 43.3 Å². The number of carbonyl (C=O) groups is 1. The van der Waals surface area contributed by atoms with Crippen molar-refractivity contribution in [3.63, 3.8) is 0 Å². The fraction of sp³-hybridized carbons (Fsp3) is 0.105. The largest absolute Gasteiger partial charge is 0.454 e. The molecule has 0 aliphatic carbocycles. The molecule has 2 aromatic carbocycles. The number of nitrogens with one attached hydrogen (secondary N) is 2. The quantitative estimate of drug-likeness (QED) is 0.733. The number of aryl methyl sites for hydroxylation is 1. The van der Waals surface area contributed by atoms with Crippen molar-refractivity contribution in [2.24, 2.45) is 0 Å². The van der Waals surface area contributed by atoms with Crippen LogP contribution in [0.25, 0.3) is 0 Å². The summed E-state index contributed by atoms with van der Waals surface area (Å²) in [7, 11) is 0. The van der Waals surface area contributed by atoms with Crippen molar-refractivity contribution < 1.29 is 18.7 Å². The van der Waals surface area contributed by atoms with Crippen LogP contribution in [0.1, 0.15) is 16.2 Å². The average molecular weight is 366 g/mol. The minimum Gasteiger partial charge on any atom is -0.454 e. The van der Waals surface area contributed by atoms with Gasteiger partial charge < -0.3 is 20.1 Å². The van der Waals surface area contributed by atoms with Gasteiger partial charge in [-0.3, -0.25) is 4.79 Å². The molecule has 4 rings (SSSR count). The third-order valence-corrected chi connectivity index (χ3v) is 3.80. The van der Waals surface area contributed by atoms with Gasteiger partial charge in [0, 0.05) is 23.1 Å². The third kappa shape index (κ3) is 3.79. The van der Waals surface area contributed by atoms with Crippen LogP contribution in [0.3, 0.4) is 0 Å². The highest BCUT2D eigenvalue weighted by Gasteiger charge is 2.16. The predicted octanol–water partition coefficient (Wildman–Crippen LogP) is 3.65. The molecule has 0 fully saturated rings. The maximum Gasteiger partial charge on any atom is 0.274 e. The van der Waals surface area contributed by atoms with Crippen molar-refractivity contribution in [3.8, 4) is 11.5 Å². The molecule has 1 aliphatic heterocycles. The van der Waals surface area contributed by atoms with Crippen molar-refractivity contribution >= 4 is 23.2 Å². The summed E-state index contributed by atoms with van der Waals surface area (Å²) >= 11 is 0. The maximum atomic E-state index is 13.3. The van der Waals surface area contributed by atoms with Gasteiger partial charge in [-0.1, -0.05) is 6.07 Å². The Kier molecular flexibility index (Phi) is 4.29. The molecule has 0 saturated heterocycles. The molecule has 0 radical (unpaired) electrons. The molecular weight excluding hydrogens is 351 g/mol. The molecule has 0 atom stereocenters. The Morgan fingerprint density at radius 1 is 1.04 bits per heavy atom. The number of hydrogen-bond acceptors (Lipinski definition) is 6. The molecule has 1 aliphatic rings. The van der Waals surface area contributed by atoms with Crippen LogP contribution >= 0.6 is 0 Å². The molecule has 1 aromatic heterocycles. The number of rotatable bonds is 4. The lowest BCUT2D eigenvalue weighted by Gasteiger charge is -2.09. The summed E-state index contributed by atoms with van der Waals surface area (Å²) in [5, 5.41) is 5.66. The van der Waals surface area contributed by atoms with E-state index in [1.807, 2.05) is 0 Å². The van der Waals surface area contributed by atoms with Crippen molar-refractivity contribution in [1.82, 2.24) is 9.97 Å². The summed E-state index contributed by atoms with van der Waals surface area (Å²) in [6.07, 6.45) is 0. The van der Waals surface area contributed by atoms with Crippen LogP contribution in [0.2, 0.25) is 0 Å². The molecule has 0 spiro atoms. The van der Waals surface area contributed by atoms with E-state index >= 15 is 0 Å². The van der Waals surface area contributed by atoms with Crippen LogP contribution in [-0.4, -0.2) is 22.7 Å². The Bertz CT molecular complexity index is 1030. The van der Waals surface area contributed by atoms with Gasteiger partial charge in [-0.2, -0.15) is 0 Å². The monoisotopic (exact) mass is 366 g/mol. The number of aromatic nitrogens is 2. The van der Waals surface area contributed by atoms with Gasteiger partial charge in [0.2, 0.25) is 12.7 Å². The van der Waals surface area contributed by atoms with Gasteiger partial charge in [-0.25, -0.2) is 14.4 Å². The topological polar surface area (TPSA) is 85.4 Å². The zero-order valence-electron chi connectivity index (χ0n) is 14.3. The minimum absolute atomic E-state index is 0.160. The lowest BCUT2D eigenvalue weighted by atomic mass is 10.2. The highest BCUT2D eigenvalue weighted by Crippen LogP contribution is 2.34. The van der Waals surface area contributed by atoms with Crippen molar-refractivity contribution in [3.05, 3.63) is 65.7 Å². The number of nitrogens with zero attached hydrogens (tertiary/aromatic N) is 2. The molecule has 1 amide bonds. The molecule has 2 heterocycles. The number of fused-ring (bicyclic) bond motifs is 1. The summed E-state index contributed by atoms with van der Waals surface area (Å²) < 4.78 is 23.9. The lowest BCUT2D eigenvalue weighted by Crippen LogP contribution is -2.15. The maximum absolute atomic E-state index is 13.3. The normalized spacial score (nSPS) is 11.9. The zero-order chi connectivity index (χ0) is 18.8. The van der Waals surface area contributed by atoms with E-state index in [0.29, 0.717) is 28.6 Å². The van der Waals surface area contributed by atoms with E-state index in [9.17, 15) is 9.18 Å². The molecule has 0 unspecified atom stereocenters. The van der Waals surface area contributed by atoms with E-state index in [-0.39, 0.29) is 24.3 Å². The second-order valence-electron chi connectivity index (χ2n) is 5.88. The Hall–Kier alpha value is -3.68. The summed E-state index contributed by atoms with van der Waals surface area (Å²) in [6, 6.07) is 12.6.